The van der Waals surface area contributed by atoms with Crippen LogP contribution in [0.15, 0.2) is 48.5 Å². The zero-order valence-corrected chi connectivity index (χ0v) is 13.3. The van der Waals surface area contributed by atoms with Crippen molar-refractivity contribution in [3.05, 3.63) is 65.2 Å². The predicted molar refractivity (Wildman–Crippen MR) is 86.4 cm³/mol. The lowest BCUT2D eigenvalue weighted by Crippen LogP contribution is -2.36. The first-order valence-corrected chi connectivity index (χ1v) is 7.21. The van der Waals surface area contributed by atoms with Crippen LogP contribution >= 0.6 is 0 Å². The summed E-state index contributed by atoms with van der Waals surface area (Å²) < 4.78 is 5.66. The number of hydrogen-bond donors (Lipinski definition) is 0. The topological polar surface area (TPSA) is 43.4 Å². The van der Waals surface area contributed by atoms with Gasteiger partial charge in [0.15, 0.2) is 17.2 Å². The molecule has 0 heterocycles. The minimum atomic E-state index is -0.873. The molecule has 0 N–H and O–H groups in total. The lowest BCUT2D eigenvalue weighted by atomic mass is 10.0. The summed E-state index contributed by atoms with van der Waals surface area (Å²) in [5, 5.41) is 0. The second kappa shape index (κ2) is 6.14. The molecule has 0 unspecified atom stereocenters. The van der Waals surface area contributed by atoms with Crippen LogP contribution in [0.4, 0.5) is 0 Å². The fourth-order valence-electron chi connectivity index (χ4n) is 1.91. The first-order chi connectivity index (χ1) is 10.3. The van der Waals surface area contributed by atoms with Crippen molar-refractivity contribution in [2.45, 2.75) is 33.3 Å². The Morgan fingerprint density at radius 3 is 1.77 bits per heavy atom. The Balaban J connectivity index is 2.16. The van der Waals surface area contributed by atoms with E-state index in [4.69, 9.17) is 4.74 Å². The highest BCUT2D eigenvalue weighted by atomic mass is 16.5. The number of Topliss-reactive ketones (excluding diaryl/α,β-unsaturated/α-hetero) is 1. The Morgan fingerprint density at radius 1 is 0.864 bits per heavy atom. The molecule has 3 nitrogen and oxygen atoms in total. The number of benzene rings is 2. The molecule has 0 radical (unpaired) electrons. The van der Waals surface area contributed by atoms with Gasteiger partial charge in [0.05, 0.1) is 0 Å². The molecule has 0 bridgehead atoms. The van der Waals surface area contributed by atoms with Gasteiger partial charge in [0, 0.05) is 11.1 Å². The lowest BCUT2D eigenvalue weighted by molar-refractivity contribution is -0.129. The summed E-state index contributed by atoms with van der Waals surface area (Å²) in [6.45, 7) is 6.92. The number of rotatable bonds is 5. The fraction of sp³-hybridized carbons (Fsp3) is 0.263. The molecular formula is C19H20O3. The molecular weight excluding hydrogens is 276 g/mol. The smallest absolute Gasteiger partial charge is 0.193 e. The van der Waals surface area contributed by atoms with Crippen molar-refractivity contribution in [3.63, 3.8) is 0 Å². The van der Waals surface area contributed by atoms with E-state index in [2.05, 4.69) is 0 Å². The van der Waals surface area contributed by atoms with Crippen molar-refractivity contribution in [1.82, 2.24) is 0 Å². The maximum atomic E-state index is 12.4. The number of ether oxygens (including phenoxy) is 1. The second-order valence-electron chi connectivity index (χ2n) is 5.89. The Kier molecular flexibility index (Phi) is 4.45. The van der Waals surface area contributed by atoms with Crippen molar-refractivity contribution in [3.8, 4) is 5.75 Å². The molecule has 0 aliphatic heterocycles. The molecule has 2 aromatic carbocycles. The molecule has 0 aliphatic rings. The molecule has 2 rings (SSSR count). The summed E-state index contributed by atoms with van der Waals surface area (Å²) in [6.07, 6.45) is 0. The third-order valence-electron chi connectivity index (χ3n) is 3.65. The molecule has 0 saturated heterocycles. The average Bonchev–Trinajstić information content (AvgIpc) is 2.47. The summed E-state index contributed by atoms with van der Waals surface area (Å²) in [5.74, 6) is 0.491. The van der Waals surface area contributed by atoms with E-state index in [9.17, 15) is 9.59 Å². The highest BCUT2D eigenvalue weighted by Crippen LogP contribution is 2.21. The molecule has 3 heteroatoms. The molecule has 2 aromatic rings. The Labute approximate surface area is 130 Å². The fourth-order valence-corrected chi connectivity index (χ4v) is 1.91. The summed E-state index contributed by atoms with van der Waals surface area (Å²) >= 11 is 0. The number of ketones is 2. The SMILES string of the molecule is CC(=O)C(C)(C)Oc1ccc(C(=O)c2ccc(C)cc2)cc1. The highest BCUT2D eigenvalue weighted by Gasteiger charge is 2.25. The van der Waals surface area contributed by atoms with E-state index < -0.39 is 5.60 Å². The molecule has 0 atom stereocenters. The van der Waals surface area contributed by atoms with Crippen LogP contribution in [0.3, 0.4) is 0 Å². The molecule has 114 valence electrons. The van der Waals surface area contributed by atoms with Crippen molar-refractivity contribution >= 4 is 11.6 Å². The van der Waals surface area contributed by atoms with Crippen LogP contribution in [0, 0.1) is 6.92 Å². The number of carbonyl (C=O) groups is 2. The number of carbonyl (C=O) groups excluding carboxylic acids is 2. The van der Waals surface area contributed by atoms with E-state index in [1.54, 1.807) is 38.1 Å². The summed E-state index contributed by atoms with van der Waals surface area (Å²) in [4.78, 5) is 23.8. The standard InChI is InChI=1S/C19H20O3/c1-13-5-7-15(8-6-13)18(21)16-9-11-17(12-10-16)22-19(3,4)14(2)20/h5-12H,1-4H3. The van der Waals surface area contributed by atoms with E-state index in [-0.39, 0.29) is 11.6 Å². The Bertz CT molecular complexity index is 680. The number of aryl methyl sites for hydroxylation is 1. The van der Waals surface area contributed by atoms with Gasteiger partial charge in [-0.15, -0.1) is 0 Å². The van der Waals surface area contributed by atoms with Gasteiger partial charge in [-0.1, -0.05) is 29.8 Å². The molecule has 0 saturated carbocycles. The summed E-state index contributed by atoms with van der Waals surface area (Å²) in [6, 6.07) is 14.3. The Hall–Kier alpha value is -2.42. The number of hydrogen-bond acceptors (Lipinski definition) is 3. The molecule has 0 fully saturated rings. The minimum absolute atomic E-state index is 0.0302. The van der Waals surface area contributed by atoms with Crippen LogP contribution in [0.2, 0.25) is 0 Å². The van der Waals surface area contributed by atoms with E-state index >= 15 is 0 Å². The van der Waals surface area contributed by atoms with E-state index in [1.165, 1.54) is 6.92 Å². The normalized spacial score (nSPS) is 11.1. The zero-order valence-electron chi connectivity index (χ0n) is 13.3. The first-order valence-electron chi connectivity index (χ1n) is 7.21. The lowest BCUT2D eigenvalue weighted by Gasteiger charge is -2.23. The van der Waals surface area contributed by atoms with Crippen LogP contribution in [0.5, 0.6) is 5.75 Å². The van der Waals surface area contributed by atoms with Gasteiger partial charge in [0.25, 0.3) is 0 Å². The predicted octanol–water partition coefficient (Wildman–Crippen LogP) is 3.97. The molecule has 0 spiro atoms. The van der Waals surface area contributed by atoms with E-state index in [0.29, 0.717) is 16.9 Å². The highest BCUT2D eigenvalue weighted by molar-refractivity contribution is 6.09. The molecule has 0 aliphatic carbocycles. The zero-order chi connectivity index (χ0) is 16.3. The van der Waals surface area contributed by atoms with Crippen molar-refractivity contribution in [2.24, 2.45) is 0 Å². The van der Waals surface area contributed by atoms with Crippen LogP contribution < -0.4 is 4.74 Å². The quantitative estimate of drug-likeness (QED) is 0.784. The maximum absolute atomic E-state index is 12.4. The minimum Gasteiger partial charge on any atom is -0.480 e. The van der Waals surface area contributed by atoms with Crippen LogP contribution in [0.1, 0.15) is 42.3 Å². The summed E-state index contributed by atoms with van der Waals surface area (Å²) in [5.41, 5.74) is 1.49. The van der Waals surface area contributed by atoms with Crippen LogP contribution in [-0.4, -0.2) is 17.2 Å². The van der Waals surface area contributed by atoms with Gasteiger partial charge in [-0.3, -0.25) is 9.59 Å². The van der Waals surface area contributed by atoms with Gasteiger partial charge in [-0.25, -0.2) is 0 Å². The molecule has 0 amide bonds. The molecule has 0 aromatic heterocycles. The van der Waals surface area contributed by atoms with Gasteiger partial charge < -0.3 is 4.74 Å². The van der Waals surface area contributed by atoms with Gasteiger partial charge >= 0.3 is 0 Å². The van der Waals surface area contributed by atoms with Crippen LogP contribution in [0.25, 0.3) is 0 Å². The molecule has 22 heavy (non-hydrogen) atoms. The van der Waals surface area contributed by atoms with Gasteiger partial charge in [0.1, 0.15) is 5.75 Å². The van der Waals surface area contributed by atoms with Crippen molar-refractivity contribution in [2.75, 3.05) is 0 Å². The van der Waals surface area contributed by atoms with Gasteiger partial charge in [-0.2, -0.15) is 0 Å². The summed E-state index contributed by atoms with van der Waals surface area (Å²) in [7, 11) is 0. The third kappa shape index (κ3) is 3.61. The van der Waals surface area contributed by atoms with E-state index in [1.807, 2.05) is 31.2 Å². The first kappa shape index (κ1) is 16.0. The monoisotopic (exact) mass is 296 g/mol. The van der Waals surface area contributed by atoms with Crippen molar-refractivity contribution < 1.29 is 14.3 Å². The Morgan fingerprint density at radius 2 is 1.32 bits per heavy atom. The largest absolute Gasteiger partial charge is 0.480 e. The maximum Gasteiger partial charge on any atom is 0.193 e. The van der Waals surface area contributed by atoms with Gasteiger partial charge in [-0.05, 0) is 52.0 Å². The van der Waals surface area contributed by atoms with Crippen LogP contribution in [-0.2, 0) is 4.79 Å². The second-order valence-corrected chi connectivity index (χ2v) is 5.89. The van der Waals surface area contributed by atoms with E-state index in [0.717, 1.165) is 5.56 Å². The average molecular weight is 296 g/mol. The van der Waals surface area contributed by atoms with Gasteiger partial charge in [0.2, 0.25) is 0 Å². The third-order valence-corrected chi connectivity index (χ3v) is 3.65. The van der Waals surface area contributed by atoms with Crippen molar-refractivity contribution in [1.29, 1.82) is 0 Å².